The summed E-state index contributed by atoms with van der Waals surface area (Å²) >= 11 is 12.0. The summed E-state index contributed by atoms with van der Waals surface area (Å²) in [4.78, 5) is 4.77. The quantitative estimate of drug-likeness (QED) is 0.801. The van der Waals surface area contributed by atoms with Gasteiger partial charge < -0.3 is 0 Å². The van der Waals surface area contributed by atoms with E-state index in [1.807, 2.05) is 24.3 Å². The third-order valence-corrected chi connectivity index (χ3v) is 4.89. The fourth-order valence-electron chi connectivity index (χ4n) is 2.90. The Labute approximate surface area is 146 Å². The largest absolute Gasteiger partial charge is 0.297 e. The van der Waals surface area contributed by atoms with E-state index in [0.717, 1.165) is 44.8 Å². The summed E-state index contributed by atoms with van der Waals surface area (Å²) in [5, 5.41) is 1.20. The van der Waals surface area contributed by atoms with Crippen LogP contribution >= 0.6 is 23.2 Å². The van der Waals surface area contributed by atoms with E-state index in [1.54, 1.807) is 12.1 Å². The molecule has 2 aromatic rings. The Morgan fingerprint density at radius 2 is 1.39 bits per heavy atom. The Morgan fingerprint density at radius 1 is 0.783 bits per heavy atom. The minimum Gasteiger partial charge on any atom is -0.297 e. The normalized spacial score (nSPS) is 16.7. The molecule has 1 aliphatic heterocycles. The molecule has 122 valence electrons. The first-order valence-electron chi connectivity index (χ1n) is 7.73. The van der Waals surface area contributed by atoms with Crippen LogP contribution in [0.2, 0.25) is 10.0 Å². The van der Waals surface area contributed by atoms with Crippen molar-refractivity contribution in [2.75, 3.05) is 26.2 Å². The maximum Gasteiger partial charge on any atom is 0.123 e. The van der Waals surface area contributed by atoms with Gasteiger partial charge in [0.05, 0.1) is 10.0 Å². The minimum absolute atomic E-state index is 0.166. The number of benzene rings is 2. The molecule has 3 rings (SSSR count). The van der Waals surface area contributed by atoms with Gasteiger partial charge in [-0.25, -0.2) is 4.39 Å². The van der Waals surface area contributed by atoms with Crippen molar-refractivity contribution in [3.63, 3.8) is 0 Å². The Morgan fingerprint density at radius 3 is 1.96 bits per heavy atom. The van der Waals surface area contributed by atoms with Crippen molar-refractivity contribution < 1.29 is 4.39 Å². The van der Waals surface area contributed by atoms with E-state index in [9.17, 15) is 4.39 Å². The van der Waals surface area contributed by atoms with E-state index in [-0.39, 0.29) is 5.82 Å². The molecule has 5 heteroatoms. The van der Waals surface area contributed by atoms with E-state index in [2.05, 4.69) is 9.80 Å². The summed E-state index contributed by atoms with van der Waals surface area (Å²) < 4.78 is 13.2. The highest BCUT2D eigenvalue weighted by molar-refractivity contribution is 6.42. The van der Waals surface area contributed by atoms with Gasteiger partial charge in [-0.2, -0.15) is 0 Å². The highest BCUT2D eigenvalue weighted by atomic mass is 35.5. The molecule has 2 nitrogen and oxygen atoms in total. The molecule has 0 aliphatic carbocycles. The molecule has 0 atom stereocenters. The second-order valence-corrected chi connectivity index (χ2v) is 6.75. The molecule has 0 radical (unpaired) electrons. The number of nitrogens with zero attached hydrogens (tertiary/aromatic N) is 2. The van der Waals surface area contributed by atoms with Crippen LogP contribution in [0.4, 0.5) is 4.39 Å². The van der Waals surface area contributed by atoms with Crippen LogP contribution in [0.1, 0.15) is 11.1 Å². The number of rotatable bonds is 4. The minimum atomic E-state index is -0.166. The van der Waals surface area contributed by atoms with Gasteiger partial charge in [0.2, 0.25) is 0 Å². The maximum atomic E-state index is 13.2. The average Bonchev–Trinajstić information content (AvgIpc) is 2.53. The van der Waals surface area contributed by atoms with Gasteiger partial charge in [-0.05, 0) is 35.4 Å². The van der Waals surface area contributed by atoms with E-state index < -0.39 is 0 Å². The molecular weight excluding hydrogens is 334 g/mol. The molecule has 0 aromatic heterocycles. The first kappa shape index (κ1) is 16.7. The van der Waals surface area contributed by atoms with Gasteiger partial charge >= 0.3 is 0 Å². The molecule has 1 fully saturated rings. The lowest BCUT2D eigenvalue weighted by Gasteiger charge is -2.34. The van der Waals surface area contributed by atoms with Gasteiger partial charge in [0.1, 0.15) is 5.82 Å². The average molecular weight is 353 g/mol. The molecule has 0 spiro atoms. The highest BCUT2D eigenvalue weighted by Gasteiger charge is 2.17. The monoisotopic (exact) mass is 352 g/mol. The molecule has 23 heavy (non-hydrogen) atoms. The molecule has 0 unspecified atom stereocenters. The third kappa shape index (κ3) is 4.67. The van der Waals surface area contributed by atoms with Gasteiger partial charge in [0.15, 0.2) is 0 Å². The van der Waals surface area contributed by atoms with Crippen molar-refractivity contribution in [3.8, 4) is 0 Å². The summed E-state index contributed by atoms with van der Waals surface area (Å²) in [6.45, 7) is 5.64. The van der Waals surface area contributed by atoms with Crippen molar-refractivity contribution in [2.24, 2.45) is 0 Å². The van der Waals surface area contributed by atoms with Crippen molar-refractivity contribution in [2.45, 2.75) is 13.1 Å². The number of hydrogen-bond acceptors (Lipinski definition) is 2. The van der Waals surface area contributed by atoms with Crippen molar-refractivity contribution in [3.05, 3.63) is 69.5 Å². The first-order chi connectivity index (χ1) is 11.1. The Hall–Kier alpha value is -1.13. The molecule has 0 bridgehead atoms. The van der Waals surface area contributed by atoms with E-state index in [1.165, 1.54) is 11.6 Å². The van der Waals surface area contributed by atoms with Gasteiger partial charge in [0.25, 0.3) is 0 Å². The van der Waals surface area contributed by atoms with E-state index in [4.69, 9.17) is 23.2 Å². The Kier molecular flexibility index (Phi) is 5.54. The lowest BCUT2D eigenvalue weighted by Crippen LogP contribution is -2.45. The summed E-state index contributed by atoms with van der Waals surface area (Å²) in [5.74, 6) is -0.166. The number of hydrogen-bond donors (Lipinski definition) is 0. The zero-order valence-corrected chi connectivity index (χ0v) is 14.3. The highest BCUT2D eigenvalue weighted by Crippen LogP contribution is 2.23. The topological polar surface area (TPSA) is 6.48 Å². The molecule has 1 aliphatic rings. The van der Waals surface area contributed by atoms with Crippen LogP contribution in [0.25, 0.3) is 0 Å². The second-order valence-electron chi connectivity index (χ2n) is 5.93. The fraction of sp³-hybridized carbons (Fsp3) is 0.333. The van der Waals surface area contributed by atoms with Crippen LogP contribution < -0.4 is 0 Å². The van der Waals surface area contributed by atoms with Crippen molar-refractivity contribution in [1.29, 1.82) is 0 Å². The summed E-state index contributed by atoms with van der Waals surface area (Å²) in [7, 11) is 0. The molecule has 1 heterocycles. The van der Waals surface area contributed by atoms with Gasteiger partial charge in [-0.3, -0.25) is 9.80 Å². The Balaban J connectivity index is 1.51. The number of piperazine rings is 1. The lowest BCUT2D eigenvalue weighted by molar-refractivity contribution is 0.122. The second kappa shape index (κ2) is 7.63. The Bertz CT molecular complexity index is 670. The van der Waals surface area contributed by atoms with Crippen LogP contribution in [-0.2, 0) is 13.1 Å². The lowest BCUT2D eigenvalue weighted by atomic mass is 10.1. The van der Waals surface area contributed by atoms with Gasteiger partial charge in [-0.1, -0.05) is 41.4 Å². The zero-order valence-electron chi connectivity index (χ0n) is 12.8. The molecule has 0 amide bonds. The van der Waals surface area contributed by atoms with Crippen LogP contribution in [0.3, 0.4) is 0 Å². The van der Waals surface area contributed by atoms with Crippen molar-refractivity contribution in [1.82, 2.24) is 9.80 Å². The van der Waals surface area contributed by atoms with Gasteiger partial charge in [-0.15, -0.1) is 0 Å². The summed E-state index contributed by atoms with van der Waals surface area (Å²) in [5.41, 5.74) is 2.21. The fourth-order valence-corrected chi connectivity index (χ4v) is 3.22. The predicted molar refractivity (Wildman–Crippen MR) is 93.4 cm³/mol. The van der Waals surface area contributed by atoms with Crippen LogP contribution in [0.5, 0.6) is 0 Å². The maximum absolute atomic E-state index is 13.2. The molecular formula is C18H19Cl2FN2. The van der Waals surface area contributed by atoms with E-state index >= 15 is 0 Å². The zero-order chi connectivity index (χ0) is 16.2. The summed E-state index contributed by atoms with van der Waals surface area (Å²) in [6, 6.07) is 12.6. The molecule has 0 N–H and O–H groups in total. The summed E-state index contributed by atoms with van der Waals surface area (Å²) in [6.07, 6.45) is 0. The van der Waals surface area contributed by atoms with Gasteiger partial charge in [0, 0.05) is 39.3 Å². The molecule has 0 saturated carbocycles. The standard InChI is InChI=1S/C18H19Cl2FN2/c19-17-5-4-15(11-18(17)20)13-23-8-6-22(7-9-23)12-14-2-1-3-16(21)10-14/h1-5,10-11H,6-9,12-13H2. The molecule has 2 aromatic carbocycles. The van der Waals surface area contributed by atoms with Crippen molar-refractivity contribution >= 4 is 23.2 Å². The van der Waals surface area contributed by atoms with Crippen LogP contribution in [0.15, 0.2) is 42.5 Å². The van der Waals surface area contributed by atoms with E-state index in [0.29, 0.717) is 10.0 Å². The SMILES string of the molecule is Fc1cccc(CN2CCN(Cc3ccc(Cl)c(Cl)c3)CC2)c1. The number of halogens is 3. The third-order valence-electron chi connectivity index (χ3n) is 4.15. The van der Waals surface area contributed by atoms with Crippen LogP contribution in [0, 0.1) is 5.82 Å². The smallest absolute Gasteiger partial charge is 0.123 e. The first-order valence-corrected chi connectivity index (χ1v) is 8.49. The van der Waals surface area contributed by atoms with Crippen LogP contribution in [-0.4, -0.2) is 36.0 Å². The molecule has 1 saturated heterocycles. The predicted octanol–water partition coefficient (Wildman–Crippen LogP) is 4.45.